The molecule has 0 unspecified atom stereocenters. The van der Waals surface area contributed by atoms with Gasteiger partial charge in [0.15, 0.2) is 0 Å². The highest BCUT2D eigenvalue weighted by Crippen LogP contribution is 2.35. The zero-order valence-electron chi connectivity index (χ0n) is 17.6. The fraction of sp³-hybridized carbons (Fsp3) is 0.250. The number of nitrogens with one attached hydrogen (secondary N) is 1. The molecule has 1 aliphatic carbocycles. The monoisotopic (exact) mass is 432 g/mol. The molecule has 2 aromatic rings. The molecule has 8 nitrogen and oxygen atoms in total. The molecule has 1 amide bonds. The van der Waals surface area contributed by atoms with Crippen LogP contribution in [0.15, 0.2) is 76.5 Å². The zero-order chi connectivity index (χ0) is 22.3. The number of hydrogen-bond donors (Lipinski definition) is 1. The predicted octanol–water partition coefficient (Wildman–Crippen LogP) is 3.77. The summed E-state index contributed by atoms with van der Waals surface area (Å²) in [5, 5.41) is 15.3. The molecular formula is C24H24N4O4. The summed E-state index contributed by atoms with van der Waals surface area (Å²) < 4.78 is 5.50. The number of nitrogens with zero attached hydrogens (tertiary/aromatic N) is 3. The fourth-order valence-corrected chi connectivity index (χ4v) is 3.92. The molecule has 1 saturated heterocycles. The number of allylic oxidation sites excluding steroid dienone is 2. The number of nitro benzene ring substituents is 1. The van der Waals surface area contributed by atoms with E-state index in [4.69, 9.17) is 4.74 Å². The van der Waals surface area contributed by atoms with E-state index in [1.807, 2.05) is 18.2 Å². The number of benzene rings is 2. The van der Waals surface area contributed by atoms with Crippen LogP contribution in [0.1, 0.15) is 28.8 Å². The molecule has 1 heterocycles. The minimum absolute atomic E-state index is 0.0691. The second kappa shape index (κ2) is 10.0. The number of morpholine rings is 1. The second-order valence-electron chi connectivity index (χ2n) is 7.56. The van der Waals surface area contributed by atoms with Crippen molar-refractivity contribution < 1.29 is 14.5 Å². The molecule has 8 heteroatoms. The summed E-state index contributed by atoms with van der Waals surface area (Å²) >= 11 is 0. The van der Waals surface area contributed by atoms with E-state index in [2.05, 4.69) is 15.4 Å². The lowest BCUT2D eigenvalue weighted by atomic mass is 10.1. The summed E-state index contributed by atoms with van der Waals surface area (Å²) in [4.78, 5) is 25.3. The number of carbonyl (C=O) groups excluding carboxylic acids is 1. The van der Waals surface area contributed by atoms with Crippen LogP contribution in [0.25, 0.3) is 6.08 Å². The molecule has 164 valence electrons. The fourth-order valence-electron chi connectivity index (χ4n) is 3.92. The Morgan fingerprint density at radius 3 is 2.62 bits per heavy atom. The maximum Gasteiger partial charge on any atom is 0.271 e. The molecule has 1 fully saturated rings. The second-order valence-corrected chi connectivity index (χ2v) is 7.56. The van der Waals surface area contributed by atoms with Gasteiger partial charge in [0.05, 0.1) is 24.4 Å². The first-order valence-electron chi connectivity index (χ1n) is 10.5. The van der Waals surface area contributed by atoms with Crippen LogP contribution in [0.2, 0.25) is 0 Å². The van der Waals surface area contributed by atoms with E-state index in [1.54, 1.807) is 42.6 Å². The number of ether oxygens (including phenoxy) is 1. The maximum absolute atomic E-state index is 12.3. The van der Waals surface area contributed by atoms with Crippen LogP contribution < -0.4 is 5.43 Å². The average molecular weight is 432 g/mol. The third-order valence-corrected chi connectivity index (χ3v) is 5.44. The van der Waals surface area contributed by atoms with Gasteiger partial charge in [-0.05, 0) is 47.8 Å². The molecule has 2 aromatic carbocycles. The predicted molar refractivity (Wildman–Crippen MR) is 122 cm³/mol. The van der Waals surface area contributed by atoms with Crippen LogP contribution in [-0.2, 0) is 4.74 Å². The van der Waals surface area contributed by atoms with Gasteiger partial charge in [0.1, 0.15) is 0 Å². The van der Waals surface area contributed by atoms with Gasteiger partial charge in [0.25, 0.3) is 11.6 Å². The van der Waals surface area contributed by atoms with E-state index in [0.717, 1.165) is 48.3 Å². The smallest absolute Gasteiger partial charge is 0.271 e. The molecule has 1 aliphatic heterocycles. The van der Waals surface area contributed by atoms with Gasteiger partial charge in [-0.3, -0.25) is 14.9 Å². The average Bonchev–Trinajstić information content (AvgIpc) is 3.22. The maximum atomic E-state index is 12.3. The number of amides is 1. The Hall–Kier alpha value is -3.78. The molecule has 1 N–H and O–H groups in total. The van der Waals surface area contributed by atoms with Crippen molar-refractivity contribution in [1.82, 2.24) is 10.3 Å². The lowest BCUT2D eigenvalue weighted by molar-refractivity contribution is -0.384. The Kier molecular flexibility index (Phi) is 6.72. The Balaban J connectivity index is 1.59. The molecule has 0 saturated carbocycles. The van der Waals surface area contributed by atoms with E-state index in [9.17, 15) is 14.9 Å². The first-order valence-corrected chi connectivity index (χ1v) is 10.5. The number of hydrogen-bond acceptors (Lipinski definition) is 6. The summed E-state index contributed by atoms with van der Waals surface area (Å²) in [6, 6.07) is 15.6. The first-order chi connectivity index (χ1) is 15.6. The number of nitro groups is 1. The summed E-state index contributed by atoms with van der Waals surface area (Å²) in [5.74, 6) is -0.263. The van der Waals surface area contributed by atoms with Gasteiger partial charge in [-0.25, -0.2) is 5.43 Å². The largest absolute Gasteiger partial charge is 0.378 e. The summed E-state index contributed by atoms with van der Waals surface area (Å²) in [7, 11) is 0. The first kappa shape index (κ1) is 21.5. The van der Waals surface area contributed by atoms with Gasteiger partial charge >= 0.3 is 0 Å². The van der Waals surface area contributed by atoms with Gasteiger partial charge in [-0.15, -0.1) is 0 Å². The van der Waals surface area contributed by atoms with Crippen molar-refractivity contribution in [2.45, 2.75) is 12.8 Å². The third-order valence-electron chi connectivity index (χ3n) is 5.44. The van der Waals surface area contributed by atoms with E-state index in [1.165, 1.54) is 6.07 Å². The number of carbonyl (C=O) groups is 1. The highest BCUT2D eigenvalue weighted by molar-refractivity contribution is 5.95. The SMILES string of the molecule is O=C(N/N=C/C1=C(N2CCOCC2)C(=C/c2cccc([N+](=O)[O-])c2)/CC1)c1ccccc1. The van der Waals surface area contributed by atoms with Crippen LogP contribution in [0, 0.1) is 10.1 Å². The van der Waals surface area contributed by atoms with Crippen LogP contribution in [0.3, 0.4) is 0 Å². The molecule has 32 heavy (non-hydrogen) atoms. The highest BCUT2D eigenvalue weighted by atomic mass is 16.6. The Morgan fingerprint density at radius 2 is 1.88 bits per heavy atom. The third kappa shape index (κ3) is 5.09. The number of non-ortho nitro benzene ring substituents is 1. The van der Waals surface area contributed by atoms with Crippen LogP contribution in [0.4, 0.5) is 5.69 Å². The van der Waals surface area contributed by atoms with Crippen LogP contribution in [0.5, 0.6) is 0 Å². The normalized spacial score (nSPS) is 17.9. The molecule has 4 rings (SSSR count). The van der Waals surface area contributed by atoms with Crippen LogP contribution >= 0.6 is 0 Å². The van der Waals surface area contributed by atoms with Crippen molar-refractivity contribution in [3.63, 3.8) is 0 Å². The highest BCUT2D eigenvalue weighted by Gasteiger charge is 2.25. The number of hydrazone groups is 1. The van der Waals surface area contributed by atoms with Gasteiger partial charge < -0.3 is 9.64 Å². The quantitative estimate of drug-likeness (QED) is 0.426. The topological polar surface area (TPSA) is 97.1 Å². The van der Waals surface area contributed by atoms with E-state index in [-0.39, 0.29) is 16.5 Å². The summed E-state index contributed by atoms with van der Waals surface area (Å²) in [6.45, 7) is 2.80. The van der Waals surface area contributed by atoms with Crippen molar-refractivity contribution in [1.29, 1.82) is 0 Å². The lowest BCUT2D eigenvalue weighted by Gasteiger charge is -2.31. The van der Waals surface area contributed by atoms with E-state index >= 15 is 0 Å². The Bertz CT molecular complexity index is 1090. The molecule has 0 radical (unpaired) electrons. The number of rotatable bonds is 6. The van der Waals surface area contributed by atoms with Crippen molar-refractivity contribution in [3.8, 4) is 0 Å². The molecule has 0 atom stereocenters. The minimum Gasteiger partial charge on any atom is -0.378 e. The molecule has 0 spiro atoms. The zero-order valence-corrected chi connectivity index (χ0v) is 17.6. The van der Waals surface area contributed by atoms with Crippen molar-refractivity contribution >= 4 is 23.9 Å². The standard InChI is InChI=1S/C24H24N4O4/c29-24(19-6-2-1-3-7-19)26-25-17-21-10-9-20(23(21)27-11-13-32-14-12-27)15-18-5-4-8-22(16-18)28(30)31/h1-8,15-17H,9-14H2,(H,26,29)/b20-15+,25-17+. The molecular weight excluding hydrogens is 408 g/mol. The van der Waals surface area contributed by atoms with E-state index in [0.29, 0.717) is 18.8 Å². The minimum atomic E-state index is -0.386. The van der Waals surface area contributed by atoms with Gasteiger partial charge in [0, 0.05) is 36.5 Å². The summed E-state index contributed by atoms with van der Waals surface area (Å²) in [6.07, 6.45) is 5.28. The van der Waals surface area contributed by atoms with E-state index < -0.39 is 0 Å². The molecule has 2 aliphatic rings. The summed E-state index contributed by atoms with van der Waals surface area (Å²) in [5.41, 5.74) is 7.19. The van der Waals surface area contributed by atoms with Gasteiger partial charge in [-0.2, -0.15) is 5.10 Å². The van der Waals surface area contributed by atoms with Crippen molar-refractivity contribution in [2.24, 2.45) is 5.10 Å². The molecule has 0 bridgehead atoms. The lowest BCUT2D eigenvalue weighted by Crippen LogP contribution is -2.36. The van der Waals surface area contributed by atoms with Gasteiger partial charge in [-0.1, -0.05) is 30.3 Å². The van der Waals surface area contributed by atoms with Crippen molar-refractivity contribution in [2.75, 3.05) is 26.3 Å². The Morgan fingerprint density at radius 1 is 1.09 bits per heavy atom. The van der Waals surface area contributed by atoms with Gasteiger partial charge in [0.2, 0.25) is 0 Å². The van der Waals surface area contributed by atoms with Crippen molar-refractivity contribution in [3.05, 3.63) is 92.7 Å². The molecule has 0 aromatic heterocycles. The van der Waals surface area contributed by atoms with Crippen LogP contribution in [-0.4, -0.2) is 48.2 Å². The Labute approximate surface area is 186 Å².